The molecule has 4 heteroatoms. The van der Waals surface area contributed by atoms with E-state index in [1.165, 1.54) is 19.2 Å². The SMILES string of the molecule is COc1ccc(O)c(CN)c1F. The minimum absolute atomic E-state index is 0.0468. The summed E-state index contributed by atoms with van der Waals surface area (Å²) in [6, 6.07) is 2.70. The van der Waals surface area contributed by atoms with Crippen molar-refractivity contribution < 1.29 is 14.2 Å². The van der Waals surface area contributed by atoms with Crippen molar-refractivity contribution >= 4 is 0 Å². The molecule has 3 nitrogen and oxygen atoms in total. The van der Waals surface area contributed by atoms with Gasteiger partial charge >= 0.3 is 0 Å². The van der Waals surface area contributed by atoms with E-state index in [9.17, 15) is 4.39 Å². The van der Waals surface area contributed by atoms with Gasteiger partial charge in [-0.3, -0.25) is 0 Å². The summed E-state index contributed by atoms with van der Waals surface area (Å²) in [5, 5.41) is 9.14. The van der Waals surface area contributed by atoms with Crippen molar-refractivity contribution in [3.8, 4) is 11.5 Å². The van der Waals surface area contributed by atoms with Crippen molar-refractivity contribution in [2.24, 2.45) is 5.73 Å². The standard InChI is InChI=1S/C8H10FNO2/c1-12-7-3-2-6(11)5(4-10)8(7)9/h2-3,11H,4,10H2,1H3. The van der Waals surface area contributed by atoms with E-state index in [2.05, 4.69) is 0 Å². The lowest BCUT2D eigenvalue weighted by Gasteiger charge is -2.06. The van der Waals surface area contributed by atoms with E-state index >= 15 is 0 Å². The van der Waals surface area contributed by atoms with Crippen molar-refractivity contribution in [3.63, 3.8) is 0 Å². The quantitative estimate of drug-likeness (QED) is 0.697. The fraction of sp³-hybridized carbons (Fsp3) is 0.250. The topological polar surface area (TPSA) is 55.5 Å². The molecule has 0 aliphatic heterocycles. The summed E-state index contributed by atoms with van der Waals surface area (Å²) < 4.78 is 17.9. The molecule has 3 N–H and O–H groups in total. The summed E-state index contributed by atoms with van der Waals surface area (Å²) in [6.07, 6.45) is 0. The first kappa shape index (κ1) is 8.80. The van der Waals surface area contributed by atoms with Gasteiger partial charge < -0.3 is 15.6 Å². The normalized spacial score (nSPS) is 9.92. The Balaban J connectivity index is 3.24. The first-order chi connectivity index (χ1) is 5.70. The molecule has 66 valence electrons. The lowest BCUT2D eigenvalue weighted by atomic mass is 10.2. The van der Waals surface area contributed by atoms with E-state index in [1.54, 1.807) is 0 Å². The van der Waals surface area contributed by atoms with E-state index in [4.69, 9.17) is 15.6 Å². The molecule has 0 saturated carbocycles. The molecule has 0 fully saturated rings. The summed E-state index contributed by atoms with van der Waals surface area (Å²) in [4.78, 5) is 0. The van der Waals surface area contributed by atoms with E-state index < -0.39 is 5.82 Å². The van der Waals surface area contributed by atoms with Gasteiger partial charge in [-0.05, 0) is 12.1 Å². The van der Waals surface area contributed by atoms with E-state index in [0.717, 1.165) is 0 Å². The fourth-order valence-corrected chi connectivity index (χ4v) is 0.941. The predicted octanol–water partition coefficient (Wildman–Crippen LogP) is 0.999. The average molecular weight is 171 g/mol. The summed E-state index contributed by atoms with van der Waals surface area (Å²) in [5.41, 5.74) is 5.30. The molecule has 1 rings (SSSR count). The number of hydrogen-bond donors (Lipinski definition) is 2. The average Bonchev–Trinajstić information content (AvgIpc) is 2.06. The second kappa shape index (κ2) is 3.40. The smallest absolute Gasteiger partial charge is 0.173 e. The Hall–Kier alpha value is -1.29. The third-order valence-electron chi connectivity index (χ3n) is 1.61. The minimum Gasteiger partial charge on any atom is -0.508 e. The molecule has 0 amide bonds. The predicted molar refractivity (Wildman–Crippen MR) is 42.5 cm³/mol. The zero-order chi connectivity index (χ0) is 9.14. The summed E-state index contributed by atoms with van der Waals surface area (Å²) in [6.45, 7) is -0.0468. The van der Waals surface area contributed by atoms with Gasteiger partial charge in [-0.1, -0.05) is 0 Å². The maximum Gasteiger partial charge on any atom is 0.173 e. The van der Waals surface area contributed by atoms with Crippen LogP contribution in [0, 0.1) is 5.82 Å². The van der Waals surface area contributed by atoms with Crippen LogP contribution in [0.15, 0.2) is 12.1 Å². The van der Waals surface area contributed by atoms with Crippen LogP contribution in [0.25, 0.3) is 0 Å². The van der Waals surface area contributed by atoms with Gasteiger partial charge in [-0.2, -0.15) is 0 Å². The van der Waals surface area contributed by atoms with E-state index in [-0.39, 0.29) is 23.6 Å². The largest absolute Gasteiger partial charge is 0.508 e. The monoisotopic (exact) mass is 171 g/mol. The Kier molecular flexibility index (Phi) is 2.50. The third-order valence-corrected chi connectivity index (χ3v) is 1.61. The van der Waals surface area contributed by atoms with Crippen LogP contribution in [-0.4, -0.2) is 12.2 Å². The van der Waals surface area contributed by atoms with Crippen molar-refractivity contribution in [3.05, 3.63) is 23.5 Å². The van der Waals surface area contributed by atoms with Gasteiger partial charge in [0.2, 0.25) is 0 Å². The van der Waals surface area contributed by atoms with Gasteiger partial charge in [0.1, 0.15) is 5.75 Å². The van der Waals surface area contributed by atoms with Crippen LogP contribution in [0.5, 0.6) is 11.5 Å². The van der Waals surface area contributed by atoms with Crippen LogP contribution in [0.4, 0.5) is 4.39 Å². The van der Waals surface area contributed by atoms with Gasteiger partial charge in [0, 0.05) is 12.1 Å². The number of phenolic OH excluding ortho intramolecular Hbond substituents is 1. The molecule has 0 unspecified atom stereocenters. The molecule has 1 aromatic rings. The van der Waals surface area contributed by atoms with Crippen molar-refractivity contribution in [2.45, 2.75) is 6.54 Å². The van der Waals surface area contributed by atoms with Crippen molar-refractivity contribution in [1.29, 1.82) is 0 Å². The first-order valence-electron chi connectivity index (χ1n) is 3.45. The molecule has 0 aromatic heterocycles. The van der Waals surface area contributed by atoms with Crippen LogP contribution in [0.2, 0.25) is 0 Å². The van der Waals surface area contributed by atoms with Gasteiger partial charge in [-0.25, -0.2) is 4.39 Å². The second-order valence-electron chi connectivity index (χ2n) is 2.28. The number of halogens is 1. The third kappa shape index (κ3) is 1.33. The maximum atomic E-state index is 13.2. The molecular formula is C8H10FNO2. The summed E-state index contributed by atoms with van der Waals surface area (Å²) in [5.74, 6) is -0.649. The molecule has 0 aliphatic rings. The number of aromatic hydroxyl groups is 1. The highest BCUT2D eigenvalue weighted by molar-refractivity contribution is 5.40. The number of phenols is 1. The van der Waals surface area contributed by atoms with Gasteiger partial charge in [0.25, 0.3) is 0 Å². The second-order valence-corrected chi connectivity index (χ2v) is 2.28. The van der Waals surface area contributed by atoms with Gasteiger partial charge in [-0.15, -0.1) is 0 Å². The number of hydrogen-bond acceptors (Lipinski definition) is 3. The Labute approximate surface area is 69.6 Å². The van der Waals surface area contributed by atoms with Crippen molar-refractivity contribution in [2.75, 3.05) is 7.11 Å². The Morgan fingerprint density at radius 3 is 2.75 bits per heavy atom. The van der Waals surface area contributed by atoms with Crippen LogP contribution in [0.3, 0.4) is 0 Å². The van der Waals surface area contributed by atoms with E-state index in [1.807, 2.05) is 0 Å². The molecule has 0 radical (unpaired) electrons. The lowest BCUT2D eigenvalue weighted by Crippen LogP contribution is -2.01. The van der Waals surface area contributed by atoms with Crippen LogP contribution in [-0.2, 0) is 6.54 Å². The lowest BCUT2D eigenvalue weighted by molar-refractivity contribution is 0.378. The Morgan fingerprint density at radius 2 is 2.25 bits per heavy atom. The molecular weight excluding hydrogens is 161 g/mol. The zero-order valence-electron chi connectivity index (χ0n) is 6.67. The minimum atomic E-state index is -0.597. The molecule has 12 heavy (non-hydrogen) atoms. The number of benzene rings is 1. The number of nitrogens with two attached hydrogens (primary N) is 1. The van der Waals surface area contributed by atoms with Gasteiger partial charge in [0.15, 0.2) is 11.6 Å². The number of rotatable bonds is 2. The molecule has 0 atom stereocenters. The zero-order valence-corrected chi connectivity index (χ0v) is 6.67. The highest BCUT2D eigenvalue weighted by Crippen LogP contribution is 2.27. The van der Waals surface area contributed by atoms with Crippen LogP contribution >= 0.6 is 0 Å². The molecule has 1 aromatic carbocycles. The molecule has 0 aliphatic carbocycles. The molecule has 0 bridgehead atoms. The highest BCUT2D eigenvalue weighted by atomic mass is 19.1. The highest BCUT2D eigenvalue weighted by Gasteiger charge is 2.11. The summed E-state index contributed by atoms with van der Waals surface area (Å²) in [7, 11) is 1.36. The molecule has 0 saturated heterocycles. The van der Waals surface area contributed by atoms with Crippen molar-refractivity contribution in [1.82, 2.24) is 0 Å². The van der Waals surface area contributed by atoms with Crippen LogP contribution in [0.1, 0.15) is 5.56 Å². The maximum absolute atomic E-state index is 13.2. The Morgan fingerprint density at radius 1 is 1.58 bits per heavy atom. The van der Waals surface area contributed by atoms with Gasteiger partial charge in [0.05, 0.1) is 7.11 Å². The van der Waals surface area contributed by atoms with E-state index in [0.29, 0.717) is 0 Å². The Bertz CT molecular complexity index is 289. The van der Waals surface area contributed by atoms with Crippen LogP contribution < -0.4 is 10.5 Å². The summed E-state index contributed by atoms with van der Waals surface area (Å²) >= 11 is 0. The number of ether oxygens (including phenoxy) is 1. The fourth-order valence-electron chi connectivity index (χ4n) is 0.941. The number of methoxy groups -OCH3 is 1. The molecule has 0 spiro atoms. The first-order valence-corrected chi connectivity index (χ1v) is 3.45. The molecule has 0 heterocycles.